The van der Waals surface area contributed by atoms with Crippen LogP contribution in [0.3, 0.4) is 0 Å². The summed E-state index contributed by atoms with van der Waals surface area (Å²) in [4.78, 5) is 21.8. The maximum Gasteiger partial charge on any atom is 0.322 e. The van der Waals surface area contributed by atoms with Crippen LogP contribution in [0.25, 0.3) is 0 Å². The van der Waals surface area contributed by atoms with Crippen molar-refractivity contribution in [1.82, 2.24) is 4.72 Å². The molecule has 0 spiro atoms. The molecular weight excluding hydrogens is 262 g/mol. The smallest absolute Gasteiger partial charge is 0.322 e. The van der Waals surface area contributed by atoms with Gasteiger partial charge in [-0.3, -0.25) is 9.59 Å². The van der Waals surface area contributed by atoms with Gasteiger partial charge in [0.1, 0.15) is 0 Å². The first-order valence-electron chi connectivity index (χ1n) is 5.72. The molecule has 104 valence electrons. The Morgan fingerprint density at radius 3 is 2.56 bits per heavy atom. The fourth-order valence-corrected chi connectivity index (χ4v) is 3.17. The van der Waals surface area contributed by atoms with E-state index in [4.69, 9.17) is 5.11 Å². The third kappa shape index (κ3) is 4.61. The van der Waals surface area contributed by atoms with Crippen LogP contribution in [-0.4, -0.2) is 43.9 Å². The van der Waals surface area contributed by atoms with Gasteiger partial charge in [-0.2, -0.15) is 0 Å². The third-order valence-corrected chi connectivity index (χ3v) is 4.05. The number of hydrogen-bond donors (Lipinski definition) is 2. The van der Waals surface area contributed by atoms with Gasteiger partial charge in [0, 0.05) is 6.04 Å². The van der Waals surface area contributed by atoms with Gasteiger partial charge in [-0.25, -0.2) is 13.1 Å². The second kappa shape index (κ2) is 6.14. The Morgan fingerprint density at radius 2 is 2.06 bits per heavy atom. The van der Waals surface area contributed by atoms with Gasteiger partial charge in [0.25, 0.3) is 0 Å². The quantitative estimate of drug-likeness (QED) is 0.647. The molecule has 0 aromatic carbocycles. The fraction of sp³-hybridized carbons (Fsp3) is 0.800. The van der Waals surface area contributed by atoms with Crippen molar-refractivity contribution in [3.8, 4) is 0 Å². The molecule has 18 heavy (non-hydrogen) atoms. The Labute approximate surface area is 106 Å². The summed E-state index contributed by atoms with van der Waals surface area (Å²) in [5, 5.41) is 8.79. The average molecular weight is 279 g/mol. The van der Waals surface area contributed by atoms with E-state index in [1.807, 2.05) is 0 Å². The number of nitrogens with one attached hydrogen (secondary N) is 1. The number of hydrogen-bond acceptors (Lipinski definition) is 5. The number of carboxylic acid groups (broad SMARTS) is 1. The average Bonchev–Trinajstić information content (AvgIpc) is 2.64. The Kier molecular flexibility index (Phi) is 5.09. The molecule has 0 aromatic heterocycles. The molecule has 1 fully saturated rings. The van der Waals surface area contributed by atoms with Gasteiger partial charge in [0.15, 0.2) is 5.75 Å². The van der Waals surface area contributed by atoms with Gasteiger partial charge in [-0.1, -0.05) is 0 Å². The minimum atomic E-state index is -3.75. The van der Waals surface area contributed by atoms with Gasteiger partial charge in [-0.05, 0) is 26.2 Å². The van der Waals surface area contributed by atoms with E-state index in [2.05, 4.69) is 9.46 Å². The molecule has 8 heteroatoms. The topological polar surface area (TPSA) is 110 Å². The van der Waals surface area contributed by atoms with E-state index in [0.717, 1.165) is 0 Å². The second-order valence-electron chi connectivity index (χ2n) is 4.23. The summed E-state index contributed by atoms with van der Waals surface area (Å²) < 4.78 is 30.1. The van der Waals surface area contributed by atoms with Crippen LogP contribution in [0, 0.1) is 5.92 Å². The van der Waals surface area contributed by atoms with Crippen molar-refractivity contribution >= 4 is 22.0 Å². The lowest BCUT2D eigenvalue weighted by molar-refractivity contribution is -0.142. The van der Waals surface area contributed by atoms with Crippen molar-refractivity contribution in [1.29, 1.82) is 0 Å². The van der Waals surface area contributed by atoms with Crippen LogP contribution in [-0.2, 0) is 24.3 Å². The molecule has 1 rings (SSSR count). The van der Waals surface area contributed by atoms with E-state index < -0.39 is 39.7 Å². The number of carbonyl (C=O) groups excluding carboxylic acids is 1. The molecule has 0 aliphatic heterocycles. The van der Waals surface area contributed by atoms with Crippen molar-refractivity contribution in [3.05, 3.63) is 0 Å². The Balaban J connectivity index is 2.47. The molecule has 7 nitrogen and oxygen atoms in total. The van der Waals surface area contributed by atoms with Gasteiger partial charge in [0.2, 0.25) is 10.0 Å². The van der Waals surface area contributed by atoms with E-state index in [1.54, 1.807) is 6.92 Å². The zero-order valence-electron chi connectivity index (χ0n) is 10.1. The Hall–Kier alpha value is -1.15. The molecule has 1 saturated carbocycles. The van der Waals surface area contributed by atoms with Crippen molar-refractivity contribution in [3.63, 3.8) is 0 Å². The molecule has 0 amide bonds. The zero-order valence-corrected chi connectivity index (χ0v) is 10.9. The molecule has 2 atom stereocenters. The number of rotatable bonds is 6. The van der Waals surface area contributed by atoms with E-state index >= 15 is 0 Å². The maximum atomic E-state index is 11.6. The largest absolute Gasteiger partial charge is 0.481 e. The van der Waals surface area contributed by atoms with E-state index in [-0.39, 0.29) is 13.0 Å². The van der Waals surface area contributed by atoms with Crippen LogP contribution in [0.15, 0.2) is 0 Å². The highest BCUT2D eigenvalue weighted by Crippen LogP contribution is 2.26. The summed E-state index contributed by atoms with van der Waals surface area (Å²) in [7, 11) is -3.75. The molecule has 0 bridgehead atoms. The predicted molar refractivity (Wildman–Crippen MR) is 62.3 cm³/mol. The number of esters is 1. The summed E-state index contributed by atoms with van der Waals surface area (Å²) in [5.41, 5.74) is 0. The number of aliphatic carboxylic acids is 1. The van der Waals surface area contributed by atoms with Crippen LogP contribution in [0.4, 0.5) is 0 Å². The molecule has 1 aliphatic rings. The highest BCUT2D eigenvalue weighted by molar-refractivity contribution is 7.90. The highest BCUT2D eigenvalue weighted by Gasteiger charge is 2.32. The lowest BCUT2D eigenvalue weighted by Gasteiger charge is -2.12. The number of sulfonamides is 1. The highest BCUT2D eigenvalue weighted by atomic mass is 32.2. The normalized spacial score (nSPS) is 23.8. The lowest BCUT2D eigenvalue weighted by Crippen LogP contribution is -2.37. The zero-order chi connectivity index (χ0) is 13.8. The van der Waals surface area contributed by atoms with E-state index in [9.17, 15) is 18.0 Å². The van der Waals surface area contributed by atoms with Crippen molar-refractivity contribution in [2.45, 2.75) is 32.2 Å². The molecule has 2 N–H and O–H groups in total. The molecule has 0 unspecified atom stereocenters. The van der Waals surface area contributed by atoms with Crippen molar-refractivity contribution < 1.29 is 27.9 Å². The number of carboxylic acids is 1. The fourth-order valence-electron chi connectivity index (χ4n) is 1.97. The van der Waals surface area contributed by atoms with E-state index in [1.165, 1.54) is 0 Å². The second-order valence-corrected chi connectivity index (χ2v) is 5.98. The van der Waals surface area contributed by atoms with Crippen LogP contribution in [0.2, 0.25) is 0 Å². The van der Waals surface area contributed by atoms with Crippen molar-refractivity contribution in [2.75, 3.05) is 12.4 Å². The minimum Gasteiger partial charge on any atom is -0.481 e. The van der Waals surface area contributed by atoms with Gasteiger partial charge >= 0.3 is 11.9 Å². The molecule has 0 aromatic rings. The first-order valence-corrected chi connectivity index (χ1v) is 7.37. The molecule has 0 heterocycles. The Morgan fingerprint density at radius 1 is 1.39 bits per heavy atom. The number of ether oxygens (including phenoxy) is 1. The van der Waals surface area contributed by atoms with Gasteiger partial charge in [-0.15, -0.1) is 0 Å². The number of carbonyl (C=O) groups is 2. The maximum absolute atomic E-state index is 11.6. The summed E-state index contributed by atoms with van der Waals surface area (Å²) in [6.07, 6.45) is 1.18. The van der Waals surface area contributed by atoms with E-state index in [0.29, 0.717) is 12.8 Å². The van der Waals surface area contributed by atoms with Gasteiger partial charge < -0.3 is 9.84 Å². The predicted octanol–water partition coefficient (Wildman–Crippen LogP) is -0.278. The summed E-state index contributed by atoms with van der Waals surface area (Å²) in [6, 6.07) is -0.412. The minimum absolute atomic E-state index is 0.124. The van der Waals surface area contributed by atoms with Crippen LogP contribution < -0.4 is 4.72 Å². The van der Waals surface area contributed by atoms with Crippen molar-refractivity contribution in [2.24, 2.45) is 5.92 Å². The molecule has 0 radical (unpaired) electrons. The first kappa shape index (κ1) is 14.9. The van der Waals surface area contributed by atoms with Crippen LogP contribution >= 0.6 is 0 Å². The molecule has 0 saturated heterocycles. The Bertz CT molecular complexity index is 418. The lowest BCUT2D eigenvalue weighted by atomic mass is 10.1. The summed E-state index contributed by atoms with van der Waals surface area (Å²) in [5.74, 6) is -2.96. The third-order valence-electron chi connectivity index (χ3n) is 2.74. The molecular formula is C10H17NO6S. The standard InChI is InChI=1S/C10H17NO6S/c1-2-17-9(12)6-18(15,16)11-8-4-3-7(5-8)10(13)14/h7-8,11H,2-6H2,1H3,(H,13,14)/t7-,8+/m1/s1. The van der Waals surface area contributed by atoms with Gasteiger partial charge in [0.05, 0.1) is 12.5 Å². The summed E-state index contributed by atoms with van der Waals surface area (Å²) >= 11 is 0. The molecule has 1 aliphatic carbocycles. The first-order chi connectivity index (χ1) is 8.34. The SMILES string of the molecule is CCOC(=O)CS(=O)(=O)N[C@H]1CC[C@@H](C(=O)O)C1. The monoisotopic (exact) mass is 279 g/mol. The summed E-state index contributed by atoms with van der Waals surface area (Å²) in [6.45, 7) is 1.71. The van der Waals surface area contributed by atoms with Crippen LogP contribution in [0.5, 0.6) is 0 Å². The van der Waals surface area contributed by atoms with Crippen LogP contribution in [0.1, 0.15) is 26.2 Å².